The van der Waals surface area contributed by atoms with Gasteiger partial charge in [0.1, 0.15) is 30.6 Å². The predicted octanol–water partition coefficient (Wildman–Crippen LogP) is 3.44. The van der Waals surface area contributed by atoms with Crippen LogP contribution < -0.4 is 5.32 Å². The molecule has 3 rings (SSSR count). The first kappa shape index (κ1) is 27.2. The molecule has 0 aliphatic heterocycles. The van der Waals surface area contributed by atoms with Gasteiger partial charge in [-0.3, -0.25) is 4.79 Å². The summed E-state index contributed by atoms with van der Waals surface area (Å²) in [6.07, 6.45) is -2.46. The molecule has 0 spiro atoms. The van der Waals surface area contributed by atoms with Crippen molar-refractivity contribution in [3.8, 4) is 0 Å². The van der Waals surface area contributed by atoms with Crippen LogP contribution in [-0.4, -0.2) is 48.3 Å². The average molecular weight is 492 g/mol. The van der Waals surface area contributed by atoms with Crippen LogP contribution in [0.15, 0.2) is 91.0 Å². The van der Waals surface area contributed by atoms with Gasteiger partial charge in [0.15, 0.2) is 0 Å². The Hall–Kier alpha value is -3.36. The summed E-state index contributed by atoms with van der Waals surface area (Å²) < 4.78 is 18.0. The van der Waals surface area contributed by atoms with Crippen molar-refractivity contribution in [3.05, 3.63) is 108 Å². The highest BCUT2D eigenvalue weighted by Crippen LogP contribution is 2.18. The Balaban J connectivity index is 1.79. The van der Waals surface area contributed by atoms with Gasteiger partial charge < -0.3 is 29.4 Å². The van der Waals surface area contributed by atoms with Crippen molar-refractivity contribution in [2.45, 2.75) is 51.1 Å². The molecule has 0 saturated carbocycles. The number of carbonyl (C=O) groups is 2. The fraction of sp³-hybridized carbons (Fsp3) is 0.310. The molecule has 0 bridgehead atoms. The number of aliphatic hydroxyl groups is 1. The number of amides is 1. The molecular weight excluding hydrogens is 458 g/mol. The third-order valence-corrected chi connectivity index (χ3v) is 5.54. The molecule has 3 aromatic rings. The van der Waals surface area contributed by atoms with Crippen LogP contribution >= 0.6 is 0 Å². The maximum absolute atomic E-state index is 12.0. The Bertz CT molecular complexity index is 1030. The van der Waals surface area contributed by atoms with E-state index >= 15 is 0 Å². The van der Waals surface area contributed by atoms with Crippen LogP contribution in [-0.2, 0) is 43.6 Å². The van der Waals surface area contributed by atoms with E-state index in [4.69, 9.17) is 14.2 Å². The molecule has 0 aromatic heterocycles. The lowest BCUT2D eigenvalue weighted by molar-refractivity contribution is -0.160. The first-order valence-electron chi connectivity index (χ1n) is 11.9. The molecular formula is C29H33NO6. The maximum Gasteiger partial charge on any atom is 0.217 e. The molecule has 0 radical (unpaired) electrons. The summed E-state index contributed by atoms with van der Waals surface area (Å²) in [7, 11) is 0. The molecule has 0 heterocycles. The number of hydrogen-bond donors (Lipinski definition) is 2. The lowest BCUT2D eigenvalue weighted by Crippen LogP contribution is -2.55. The topological polar surface area (TPSA) is 94.1 Å². The molecule has 0 fully saturated rings. The third kappa shape index (κ3) is 9.02. The minimum atomic E-state index is -1.13. The Morgan fingerprint density at radius 2 is 1.22 bits per heavy atom. The predicted molar refractivity (Wildman–Crippen MR) is 136 cm³/mol. The normalized spacial score (nSPS) is 14.4. The van der Waals surface area contributed by atoms with E-state index < -0.39 is 30.3 Å². The first-order valence-corrected chi connectivity index (χ1v) is 11.9. The van der Waals surface area contributed by atoms with Crippen molar-refractivity contribution >= 4 is 12.2 Å². The van der Waals surface area contributed by atoms with Gasteiger partial charge in [0, 0.05) is 6.92 Å². The molecule has 190 valence electrons. The highest BCUT2D eigenvalue weighted by atomic mass is 16.6. The second-order valence-electron chi connectivity index (χ2n) is 8.45. The van der Waals surface area contributed by atoms with Crippen molar-refractivity contribution in [1.82, 2.24) is 5.32 Å². The monoisotopic (exact) mass is 491 g/mol. The fourth-order valence-corrected chi connectivity index (χ4v) is 3.76. The summed E-state index contributed by atoms with van der Waals surface area (Å²) in [6, 6.07) is 27.5. The number of hydrogen-bond acceptors (Lipinski definition) is 6. The zero-order chi connectivity index (χ0) is 25.6. The number of carbonyl (C=O) groups excluding carboxylic acids is 2. The molecule has 0 saturated heterocycles. The third-order valence-electron chi connectivity index (χ3n) is 5.54. The van der Waals surface area contributed by atoms with Gasteiger partial charge in [0.25, 0.3) is 0 Å². The summed E-state index contributed by atoms with van der Waals surface area (Å²) in [5, 5.41) is 13.8. The van der Waals surface area contributed by atoms with Crippen LogP contribution in [0.1, 0.15) is 23.6 Å². The summed E-state index contributed by atoms with van der Waals surface area (Å²) >= 11 is 0. The smallest absolute Gasteiger partial charge is 0.217 e. The number of aldehydes is 1. The van der Waals surface area contributed by atoms with Gasteiger partial charge in [0.2, 0.25) is 5.91 Å². The van der Waals surface area contributed by atoms with E-state index in [0.29, 0.717) is 12.9 Å². The molecule has 0 aliphatic rings. The van der Waals surface area contributed by atoms with E-state index in [1.54, 1.807) is 0 Å². The van der Waals surface area contributed by atoms with Gasteiger partial charge in [-0.2, -0.15) is 0 Å². The molecule has 36 heavy (non-hydrogen) atoms. The summed E-state index contributed by atoms with van der Waals surface area (Å²) in [5.41, 5.74) is 2.74. The van der Waals surface area contributed by atoms with Gasteiger partial charge in [-0.15, -0.1) is 0 Å². The Morgan fingerprint density at radius 3 is 1.67 bits per heavy atom. The molecule has 2 N–H and O–H groups in total. The highest BCUT2D eigenvalue weighted by molar-refractivity contribution is 5.77. The first-order chi connectivity index (χ1) is 17.6. The van der Waals surface area contributed by atoms with E-state index in [1.807, 2.05) is 91.0 Å². The Labute approximate surface area is 212 Å². The van der Waals surface area contributed by atoms with Crippen LogP contribution in [0.25, 0.3) is 0 Å². The van der Waals surface area contributed by atoms with Crippen molar-refractivity contribution in [3.63, 3.8) is 0 Å². The minimum Gasteiger partial charge on any atom is -0.388 e. The molecule has 4 atom stereocenters. The Morgan fingerprint density at radius 1 is 0.778 bits per heavy atom. The second kappa shape index (κ2) is 14.9. The van der Waals surface area contributed by atoms with Gasteiger partial charge in [-0.25, -0.2) is 0 Å². The van der Waals surface area contributed by atoms with Crippen LogP contribution in [0.5, 0.6) is 0 Å². The number of nitrogens with one attached hydrogen (secondary N) is 1. The molecule has 0 aliphatic carbocycles. The van der Waals surface area contributed by atoms with Crippen molar-refractivity contribution in [2.24, 2.45) is 0 Å². The molecule has 0 unspecified atom stereocenters. The van der Waals surface area contributed by atoms with E-state index in [2.05, 4.69) is 5.32 Å². The van der Waals surface area contributed by atoms with Gasteiger partial charge >= 0.3 is 0 Å². The number of rotatable bonds is 15. The lowest BCUT2D eigenvalue weighted by atomic mass is 10.0. The molecule has 1 amide bonds. The van der Waals surface area contributed by atoms with E-state index in [1.165, 1.54) is 6.92 Å². The van der Waals surface area contributed by atoms with Crippen LogP contribution in [0.3, 0.4) is 0 Å². The zero-order valence-corrected chi connectivity index (χ0v) is 20.4. The van der Waals surface area contributed by atoms with Crippen molar-refractivity contribution in [2.75, 3.05) is 6.61 Å². The summed E-state index contributed by atoms with van der Waals surface area (Å²) in [5.74, 6) is -0.392. The number of aliphatic hydroxyl groups excluding tert-OH is 1. The quantitative estimate of drug-likeness (QED) is 0.317. The van der Waals surface area contributed by atoms with E-state index in [-0.39, 0.29) is 19.8 Å². The van der Waals surface area contributed by atoms with E-state index in [9.17, 15) is 14.7 Å². The largest absolute Gasteiger partial charge is 0.388 e. The lowest BCUT2D eigenvalue weighted by Gasteiger charge is -2.34. The zero-order valence-electron chi connectivity index (χ0n) is 20.4. The molecule has 7 nitrogen and oxygen atoms in total. The van der Waals surface area contributed by atoms with Crippen LogP contribution in [0.4, 0.5) is 0 Å². The standard InChI is InChI=1S/C29H33NO6/c1-22(32)30-26(17-31)28(35-19-24-13-7-3-8-14-24)29(36-20-25-15-9-4-10-16-25)27(33)21-34-18-23-11-5-2-6-12-23/h2-17,26-29,33H,18-21H2,1H3,(H,30,32)/t26-,27+,28+,29+/m0/s1. The Kier molecular flexibility index (Phi) is 11.3. The average Bonchev–Trinajstić information content (AvgIpc) is 2.91. The second-order valence-corrected chi connectivity index (χ2v) is 8.45. The fourth-order valence-electron chi connectivity index (χ4n) is 3.76. The van der Waals surface area contributed by atoms with Gasteiger partial charge in [0.05, 0.1) is 26.4 Å². The van der Waals surface area contributed by atoms with Crippen LogP contribution in [0, 0.1) is 0 Å². The number of benzene rings is 3. The SMILES string of the molecule is CC(=O)N[C@@H](C=O)[C@@H](OCc1ccccc1)[C@H](OCc1ccccc1)[C@H](O)COCc1ccccc1. The highest BCUT2D eigenvalue weighted by Gasteiger charge is 2.37. The van der Waals surface area contributed by atoms with Crippen molar-refractivity contribution in [1.29, 1.82) is 0 Å². The van der Waals surface area contributed by atoms with Crippen LogP contribution in [0.2, 0.25) is 0 Å². The molecule has 3 aromatic carbocycles. The number of ether oxygens (including phenoxy) is 3. The summed E-state index contributed by atoms with van der Waals surface area (Å²) in [6.45, 7) is 1.92. The molecule has 7 heteroatoms. The minimum absolute atomic E-state index is 0.0504. The van der Waals surface area contributed by atoms with Crippen molar-refractivity contribution < 1.29 is 28.9 Å². The van der Waals surface area contributed by atoms with Gasteiger partial charge in [-0.05, 0) is 16.7 Å². The summed E-state index contributed by atoms with van der Waals surface area (Å²) in [4.78, 5) is 23.9. The maximum atomic E-state index is 12.0. The van der Waals surface area contributed by atoms with E-state index in [0.717, 1.165) is 16.7 Å². The van der Waals surface area contributed by atoms with Gasteiger partial charge in [-0.1, -0.05) is 91.0 Å².